The lowest BCUT2D eigenvalue weighted by atomic mass is 9.63. The first kappa shape index (κ1) is 21.6. The summed E-state index contributed by atoms with van der Waals surface area (Å²) in [7, 11) is 2.37. The summed E-state index contributed by atoms with van der Waals surface area (Å²) in [5, 5.41) is 1.30. The number of methoxy groups -OCH3 is 3. The molecule has 1 aromatic rings. The minimum atomic E-state index is -1.93. The van der Waals surface area contributed by atoms with Gasteiger partial charge in [0.05, 0.1) is 28.4 Å². The van der Waals surface area contributed by atoms with Crippen LogP contribution in [-0.4, -0.2) is 47.4 Å². The zero-order chi connectivity index (χ0) is 20.5. The van der Waals surface area contributed by atoms with E-state index >= 15 is 0 Å². The Morgan fingerprint density at radius 2 is 1.56 bits per heavy atom. The van der Waals surface area contributed by atoms with E-state index in [0.717, 1.165) is 6.04 Å². The molecule has 0 amide bonds. The molecule has 1 aliphatic carbocycles. The van der Waals surface area contributed by atoms with Gasteiger partial charge in [0, 0.05) is 12.5 Å². The standard InChI is InChI=1S/C21H32O5Si/c1-20(2)17(24-3)13-15(21(20,18(22)25-4)19(23)26-5)14-27(6,7)16-11-9-8-10-12-16/h8-12,15,17H,13-14H2,1-7H3/t15-,17+/m1/s1. The molecule has 27 heavy (non-hydrogen) atoms. The molecule has 0 aromatic heterocycles. The van der Waals surface area contributed by atoms with Crippen LogP contribution in [0.15, 0.2) is 30.3 Å². The van der Waals surface area contributed by atoms with Gasteiger partial charge in [0.1, 0.15) is 0 Å². The van der Waals surface area contributed by atoms with Crippen molar-refractivity contribution < 1.29 is 23.8 Å². The molecule has 0 N–H and O–H groups in total. The quantitative estimate of drug-likeness (QED) is 0.423. The molecule has 1 aromatic carbocycles. The lowest BCUT2D eigenvalue weighted by Gasteiger charge is -2.42. The van der Waals surface area contributed by atoms with E-state index in [4.69, 9.17) is 14.2 Å². The Kier molecular flexibility index (Phi) is 6.22. The molecule has 0 unspecified atom stereocenters. The number of ether oxygens (including phenoxy) is 3. The zero-order valence-electron chi connectivity index (χ0n) is 17.5. The van der Waals surface area contributed by atoms with E-state index in [9.17, 15) is 9.59 Å². The normalized spacial score (nSPS) is 23.7. The van der Waals surface area contributed by atoms with E-state index in [2.05, 4.69) is 25.2 Å². The molecular weight excluding hydrogens is 360 g/mol. The molecule has 5 nitrogen and oxygen atoms in total. The molecule has 6 heteroatoms. The summed E-state index contributed by atoms with van der Waals surface area (Å²) in [6.07, 6.45) is 0.387. The molecule has 1 saturated carbocycles. The highest BCUT2D eigenvalue weighted by atomic mass is 28.3. The number of esters is 2. The number of benzene rings is 1. The predicted octanol–water partition coefficient (Wildman–Crippen LogP) is 3.00. The molecule has 2 atom stereocenters. The third-order valence-electron chi connectivity index (χ3n) is 6.54. The Bertz CT molecular complexity index is 667. The maximum Gasteiger partial charge on any atom is 0.324 e. The minimum absolute atomic E-state index is 0.209. The van der Waals surface area contributed by atoms with Crippen LogP contribution in [0.1, 0.15) is 20.3 Å². The van der Waals surface area contributed by atoms with Gasteiger partial charge in [0.15, 0.2) is 5.41 Å². The molecule has 0 heterocycles. The second-order valence-corrected chi connectivity index (χ2v) is 13.4. The van der Waals surface area contributed by atoms with Gasteiger partial charge in [-0.3, -0.25) is 9.59 Å². The van der Waals surface area contributed by atoms with Crippen molar-refractivity contribution >= 4 is 25.2 Å². The Morgan fingerprint density at radius 1 is 1.04 bits per heavy atom. The predicted molar refractivity (Wildman–Crippen MR) is 108 cm³/mol. The monoisotopic (exact) mass is 392 g/mol. The summed E-state index contributed by atoms with van der Waals surface area (Å²) >= 11 is 0. The van der Waals surface area contributed by atoms with Crippen LogP contribution in [0.5, 0.6) is 0 Å². The summed E-state index contributed by atoms with van der Waals surface area (Å²) in [6.45, 7) is 8.36. The SMILES string of the molecule is COC(=O)C1(C(=O)OC)[C@@H](C[Si](C)(C)c2ccccc2)C[C@H](OC)C1(C)C. The van der Waals surface area contributed by atoms with Crippen molar-refractivity contribution in [3.05, 3.63) is 30.3 Å². The lowest BCUT2D eigenvalue weighted by molar-refractivity contribution is -0.183. The molecule has 0 radical (unpaired) electrons. The third-order valence-corrected chi connectivity index (χ3v) is 9.95. The van der Waals surface area contributed by atoms with Crippen LogP contribution in [0.25, 0.3) is 0 Å². The summed E-state index contributed by atoms with van der Waals surface area (Å²) in [4.78, 5) is 26.2. The van der Waals surface area contributed by atoms with E-state index in [1.165, 1.54) is 19.4 Å². The molecule has 1 aliphatic rings. The van der Waals surface area contributed by atoms with Crippen molar-refractivity contribution in [2.24, 2.45) is 16.7 Å². The van der Waals surface area contributed by atoms with Gasteiger partial charge in [0.2, 0.25) is 0 Å². The van der Waals surface area contributed by atoms with E-state index in [0.29, 0.717) is 6.42 Å². The summed E-state index contributed by atoms with van der Waals surface area (Å²) < 4.78 is 16.0. The van der Waals surface area contributed by atoms with Crippen LogP contribution < -0.4 is 5.19 Å². The number of hydrogen-bond acceptors (Lipinski definition) is 5. The smallest absolute Gasteiger partial charge is 0.324 e. The molecule has 2 rings (SSSR count). The Morgan fingerprint density at radius 3 is 2.00 bits per heavy atom. The molecule has 1 fully saturated rings. The van der Waals surface area contributed by atoms with Gasteiger partial charge >= 0.3 is 11.9 Å². The van der Waals surface area contributed by atoms with Gasteiger partial charge < -0.3 is 14.2 Å². The number of carbonyl (C=O) groups excluding carboxylic acids is 2. The Hall–Kier alpha value is -1.66. The van der Waals surface area contributed by atoms with Gasteiger partial charge in [0.25, 0.3) is 0 Å². The third kappa shape index (κ3) is 3.34. The van der Waals surface area contributed by atoms with Crippen LogP contribution in [-0.2, 0) is 23.8 Å². The van der Waals surface area contributed by atoms with Crippen molar-refractivity contribution in [1.82, 2.24) is 0 Å². The van der Waals surface area contributed by atoms with Gasteiger partial charge in [-0.2, -0.15) is 0 Å². The Balaban J connectivity index is 2.57. The fourth-order valence-corrected chi connectivity index (χ4v) is 8.06. The van der Waals surface area contributed by atoms with Crippen molar-refractivity contribution in [2.45, 2.75) is 45.5 Å². The second-order valence-electron chi connectivity index (χ2n) is 8.62. The lowest BCUT2D eigenvalue weighted by Crippen LogP contribution is -2.56. The van der Waals surface area contributed by atoms with Gasteiger partial charge in [-0.15, -0.1) is 0 Å². The topological polar surface area (TPSA) is 61.8 Å². The summed E-state index contributed by atoms with van der Waals surface area (Å²) in [5.41, 5.74) is -2.12. The second kappa shape index (κ2) is 7.76. The van der Waals surface area contributed by atoms with Crippen LogP contribution in [0, 0.1) is 16.7 Å². The van der Waals surface area contributed by atoms with Crippen LogP contribution >= 0.6 is 0 Å². The molecule has 150 valence electrons. The van der Waals surface area contributed by atoms with E-state index in [-0.39, 0.29) is 12.0 Å². The highest BCUT2D eigenvalue weighted by Crippen LogP contribution is 2.60. The van der Waals surface area contributed by atoms with Gasteiger partial charge in [-0.25, -0.2) is 0 Å². The highest BCUT2D eigenvalue weighted by molar-refractivity contribution is 6.89. The molecule has 0 saturated heterocycles. The maximum absolute atomic E-state index is 13.1. The van der Waals surface area contributed by atoms with E-state index < -0.39 is 30.8 Å². The highest BCUT2D eigenvalue weighted by Gasteiger charge is 2.71. The summed E-state index contributed by atoms with van der Waals surface area (Å²) in [6, 6.07) is 11.1. The van der Waals surface area contributed by atoms with Gasteiger partial charge in [-0.05, 0) is 18.4 Å². The average molecular weight is 393 g/mol. The largest absolute Gasteiger partial charge is 0.468 e. The van der Waals surface area contributed by atoms with Crippen molar-refractivity contribution in [3.63, 3.8) is 0 Å². The van der Waals surface area contributed by atoms with Gasteiger partial charge in [-0.1, -0.05) is 62.5 Å². The maximum atomic E-state index is 13.1. The van der Waals surface area contributed by atoms with Crippen LogP contribution in [0.3, 0.4) is 0 Å². The fourth-order valence-electron chi connectivity index (χ4n) is 5.03. The first-order valence-electron chi connectivity index (χ1n) is 9.34. The summed E-state index contributed by atoms with van der Waals surface area (Å²) in [5.74, 6) is -1.26. The van der Waals surface area contributed by atoms with E-state index in [1.807, 2.05) is 32.0 Å². The minimum Gasteiger partial charge on any atom is -0.468 e. The number of carbonyl (C=O) groups is 2. The average Bonchev–Trinajstić information content (AvgIpc) is 2.87. The molecule has 0 bridgehead atoms. The molecular formula is C21H32O5Si. The first-order valence-corrected chi connectivity index (χ1v) is 12.6. The Labute approximate surface area is 163 Å². The fraction of sp³-hybridized carbons (Fsp3) is 0.619. The first-order chi connectivity index (χ1) is 12.6. The van der Waals surface area contributed by atoms with Crippen molar-refractivity contribution in [3.8, 4) is 0 Å². The number of hydrogen-bond donors (Lipinski definition) is 0. The van der Waals surface area contributed by atoms with E-state index in [1.54, 1.807) is 7.11 Å². The molecule has 0 aliphatic heterocycles. The van der Waals surface area contributed by atoms with Crippen molar-refractivity contribution in [1.29, 1.82) is 0 Å². The number of rotatable bonds is 6. The molecule has 0 spiro atoms. The van der Waals surface area contributed by atoms with Crippen LogP contribution in [0.2, 0.25) is 19.1 Å². The zero-order valence-corrected chi connectivity index (χ0v) is 18.5. The van der Waals surface area contributed by atoms with Crippen molar-refractivity contribution in [2.75, 3.05) is 21.3 Å². The van der Waals surface area contributed by atoms with Crippen LogP contribution in [0.4, 0.5) is 0 Å².